The lowest BCUT2D eigenvalue weighted by molar-refractivity contribution is -0.135. The quantitative estimate of drug-likeness (QED) is 0.817. The van der Waals surface area contributed by atoms with Crippen LogP contribution in [0.25, 0.3) is 0 Å². The maximum Gasteiger partial charge on any atom is 0.410 e. The van der Waals surface area contributed by atoms with E-state index in [4.69, 9.17) is 4.74 Å². The monoisotopic (exact) mass is 320 g/mol. The average molecular weight is 320 g/mol. The third-order valence-corrected chi connectivity index (χ3v) is 4.74. The summed E-state index contributed by atoms with van der Waals surface area (Å²) in [5.74, 6) is 1.08. The average Bonchev–Trinajstić information content (AvgIpc) is 3.14. The minimum absolute atomic E-state index is 0.0355. The molecular formula is C16H24N4O3. The Balaban J connectivity index is 1.58. The normalized spacial score (nSPS) is 21.6. The SMILES string of the molecule is Cn1ccnc1CC[C@H]1CCCCN1C(=O)CN1CCOC1=O. The van der Waals surface area contributed by atoms with Crippen LogP contribution in [0.2, 0.25) is 0 Å². The standard InChI is InChI=1S/C16H24N4O3/c1-18-9-7-17-14(18)6-5-13-4-2-3-8-20(13)15(21)12-19-10-11-23-16(19)22/h7,9,13H,2-6,8,10-12H2,1H3/t13-/m1/s1. The number of imidazole rings is 1. The minimum atomic E-state index is -0.375. The Labute approximate surface area is 136 Å². The minimum Gasteiger partial charge on any atom is -0.448 e. The molecule has 0 spiro atoms. The van der Waals surface area contributed by atoms with Crippen molar-refractivity contribution in [2.45, 2.75) is 38.1 Å². The Morgan fingerprint density at radius 3 is 2.96 bits per heavy atom. The molecule has 126 valence electrons. The first kappa shape index (κ1) is 15.8. The highest BCUT2D eigenvalue weighted by Crippen LogP contribution is 2.22. The van der Waals surface area contributed by atoms with Crippen molar-refractivity contribution in [3.8, 4) is 0 Å². The molecular weight excluding hydrogens is 296 g/mol. The molecule has 0 unspecified atom stereocenters. The fraction of sp³-hybridized carbons (Fsp3) is 0.688. The number of aromatic nitrogens is 2. The van der Waals surface area contributed by atoms with Gasteiger partial charge in [0.2, 0.25) is 5.91 Å². The van der Waals surface area contributed by atoms with E-state index in [2.05, 4.69) is 4.98 Å². The molecule has 23 heavy (non-hydrogen) atoms. The smallest absolute Gasteiger partial charge is 0.410 e. The van der Waals surface area contributed by atoms with Gasteiger partial charge in [-0.15, -0.1) is 0 Å². The Morgan fingerprint density at radius 2 is 2.26 bits per heavy atom. The highest BCUT2D eigenvalue weighted by atomic mass is 16.6. The van der Waals surface area contributed by atoms with Crippen molar-refractivity contribution < 1.29 is 14.3 Å². The number of rotatable bonds is 5. The zero-order valence-electron chi connectivity index (χ0n) is 13.6. The van der Waals surface area contributed by atoms with Crippen molar-refractivity contribution >= 4 is 12.0 Å². The van der Waals surface area contributed by atoms with Crippen LogP contribution in [0.5, 0.6) is 0 Å². The Hall–Kier alpha value is -2.05. The van der Waals surface area contributed by atoms with Gasteiger partial charge in [0.05, 0.1) is 6.54 Å². The van der Waals surface area contributed by atoms with E-state index in [9.17, 15) is 9.59 Å². The lowest BCUT2D eigenvalue weighted by Crippen LogP contribution is -2.48. The number of hydrogen-bond acceptors (Lipinski definition) is 4. The second-order valence-electron chi connectivity index (χ2n) is 6.27. The van der Waals surface area contributed by atoms with E-state index >= 15 is 0 Å². The number of carbonyl (C=O) groups is 2. The topological polar surface area (TPSA) is 67.7 Å². The van der Waals surface area contributed by atoms with Crippen molar-refractivity contribution in [2.24, 2.45) is 7.05 Å². The van der Waals surface area contributed by atoms with Crippen LogP contribution in [0.15, 0.2) is 12.4 Å². The van der Waals surface area contributed by atoms with Gasteiger partial charge in [-0.1, -0.05) is 0 Å². The van der Waals surface area contributed by atoms with Crippen LogP contribution in [0, 0.1) is 0 Å². The Kier molecular flexibility index (Phi) is 4.83. The van der Waals surface area contributed by atoms with Crippen LogP contribution in [-0.2, 0) is 23.0 Å². The van der Waals surface area contributed by atoms with Gasteiger partial charge < -0.3 is 14.2 Å². The summed E-state index contributed by atoms with van der Waals surface area (Å²) in [4.78, 5) is 31.9. The van der Waals surface area contributed by atoms with Crippen LogP contribution < -0.4 is 0 Å². The molecule has 3 rings (SSSR count). The number of likely N-dealkylation sites (tertiary alicyclic amines) is 1. The molecule has 7 heteroatoms. The lowest BCUT2D eigenvalue weighted by atomic mass is 9.97. The van der Waals surface area contributed by atoms with Gasteiger partial charge in [-0.2, -0.15) is 0 Å². The molecule has 0 radical (unpaired) electrons. The van der Waals surface area contributed by atoms with Gasteiger partial charge in [-0.05, 0) is 25.7 Å². The molecule has 1 aromatic rings. The number of piperidine rings is 1. The van der Waals surface area contributed by atoms with Crippen LogP contribution in [-0.4, -0.2) is 63.6 Å². The lowest BCUT2D eigenvalue weighted by Gasteiger charge is -2.36. The largest absolute Gasteiger partial charge is 0.448 e. The van der Waals surface area contributed by atoms with Crippen molar-refractivity contribution in [3.05, 3.63) is 18.2 Å². The number of hydrogen-bond donors (Lipinski definition) is 0. The van der Waals surface area contributed by atoms with Crippen LogP contribution in [0.1, 0.15) is 31.5 Å². The molecule has 0 aliphatic carbocycles. The predicted octanol–water partition coefficient (Wildman–Crippen LogP) is 1.19. The van der Waals surface area contributed by atoms with Gasteiger partial charge in [0.15, 0.2) is 0 Å². The summed E-state index contributed by atoms with van der Waals surface area (Å²) in [7, 11) is 1.99. The third-order valence-electron chi connectivity index (χ3n) is 4.74. The van der Waals surface area contributed by atoms with Crippen LogP contribution in [0.4, 0.5) is 4.79 Å². The Bertz CT molecular complexity index is 571. The summed E-state index contributed by atoms with van der Waals surface area (Å²) >= 11 is 0. The molecule has 2 fully saturated rings. The second kappa shape index (κ2) is 7.02. The van der Waals surface area contributed by atoms with E-state index in [0.29, 0.717) is 13.2 Å². The molecule has 2 saturated heterocycles. The first-order chi connectivity index (χ1) is 11.1. The summed E-state index contributed by atoms with van der Waals surface area (Å²) in [5.41, 5.74) is 0. The van der Waals surface area contributed by atoms with E-state index in [1.54, 1.807) is 6.20 Å². The highest BCUT2D eigenvalue weighted by Gasteiger charge is 2.31. The molecule has 0 N–H and O–H groups in total. The van der Waals surface area contributed by atoms with Gasteiger partial charge in [0.25, 0.3) is 0 Å². The maximum atomic E-state index is 12.6. The van der Waals surface area contributed by atoms with Gasteiger partial charge in [0, 0.05) is 38.4 Å². The van der Waals surface area contributed by atoms with Gasteiger partial charge in [0.1, 0.15) is 19.0 Å². The fourth-order valence-electron chi connectivity index (χ4n) is 3.39. The molecule has 0 aromatic carbocycles. The highest BCUT2D eigenvalue weighted by molar-refractivity contribution is 5.83. The summed E-state index contributed by atoms with van der Waals surface area (Å²) in [6, 6.07) is 0.242. The molecule has 0 bridgehead atoms. The molecule has 1 atom stereocenters. The van der Waals surface area contributed by atoms with Gasteiger partial charge in [-0.25, -0.2) is 9.78 Å². The van der Waals surface area contributed by atoms with Crippen molar-refractivity contribution in [1.29, 1.82) is 0 Å². The number of aryl methyl sites for hydroxylation is 2. The third kappa shape index (κ3) is 3.65. The molecule has 1 aromatic heterocycles. The maximum absolute atomic E-state index is 12.6. The summed E-state index contributed by atoms with van der Waals surface area (Å²) < 4.78 is 6.92. The number of nitrogens with zero attached hydrogens (tertiary/aromatic N) is 4. The van der Waals surface area contributed by atoms with E-state index in [1.165, 1.54) is 4.90 Å². The molecule has 0 saturated carbocycles. The predicted molar refractivity (Wildman–Crippen MR) is 83.8 cm³/mol. The van der Waals surface area contributed by atoms with Crippen LogP contribution >= 0.6 is 0 Å². The zero-order valence-corrected chi connectivity index (χ0v) is 13.6. The zero-order chi connectivity index (χ0) is 16.2. The van der Waals surface area contributed by atoms with Crippen molar-refractivity contribution in [1.82, 2.24) is 19.4 Å². The van der Waals surface area contributed by atoms with Gasteiger partial charge in [-0.3, -0.25) is 9.69 Å². The summed E-state index contributed by atoms with van der Waals surface area (Å²) in [5, 5.41) is 0. The van der Waals surface area contributed by atoms with E-state index < -0.39 is 0 Å². The van der Waals surface area contributed by atoms with Crippen molar-refractivity contribution in [3.63, 3.8) is 0 Å². The van der Waals surface area contributed by atoms with Crippen LogP contribution in [0.3, 0.4) is 0 Å². The van der Waals surface area contributed by atoms with E-state index in [1.807, 2.05) is 22.7 Å². The van der Waals surface area contributed by atoms with Crippen molar-refractivity contribution in [2.75, 3.05) is 26.2 Å². The first-order valence-corrected chi connectivity index (χ1v) is 8.32. The van der Waals surface area contributed by atoms with E-state index in [-0.39, 0.29) is 24.6 Å². The number of cyclic esters (lactones) is 1. The molecule has 2 aliphatic rings. The molecule has 2 amide bonds. The molecule has 7 nitrogen and oxygen atoms in total. The fourth-order valence-corrected chi connectivity index (χ4v) is 3.39. The number of amides is 2. The summed E-state index contributed by atoms with van der Waals surface area (Å²) in [6.45, 7) is 1.82. The first-order valence-electron chi connectivity index (χ1n) is 8.32. The second-order valence-corrected chi connectivity index (χ2v) is 6.27. The van der Waals surface area contributed by atoms with Gasteiger partial charge >= 0.3 is 6.09 Å². The molecule has 3 heterocycles. The summed E-state index contributed by atoms with van der Waals surface area (Å²) in [6.07, 6.45) is 8.37. The van der Waals surface area contributed by atoms with E-state index in [0.717, 1.165) is 44.5 Å². The number of ether oxygens (including phenoxy) is 1. The Morgan fingerprint density at radius 1 is 1.39 bits per heavy atom. The number of carbonyl (C=O) groups excluding carboxylic acids is 2. The molecule has 2 aliphatic heterocycles.